The number of nitrogens with zero attached hydrogens (tertiary/aromatic N) is 2. The fraction of sp³-hybridized carbons (Fsp3) is 0.562. The second-order valence-electron chi connectivity index (χ2n) is 5.66. The minimum Gasteiger partial charge on any atom is -0.492 e. The summed E-state index contributed by atoms with van der Waals surface area (Å²) in [6.07, 6.45) is 0.948. The van der Waals surface area contributed by atoms with Crippen molar-refractivity contribution in [2.24, 2.45) is 0 Å². The van der Waals surface area contributed by atoms with Crippen molar-refractivity contribution in [2.45, 2.75) is 25.8 Å². The number of rotatable bonds is 5. The SMILES string of the molecule is CC1(C)COCCN1CCCOc1ccccc1C#N. The fourth-order valence-corrected chi connectivity index (χ4v) is 2.43. The zero-order valence-corrected chi connectivity index (χ0v) is 12.3. The lowest BCUT2D eigenvalue weighted by molar-refractivity contribution is -0.0521. The Morgan fingerprint density at radius 3 is 2.95 bits per heavy atom. The van der Waals surface area contributed by atoms with Crippen molar-refractivity contribution in [3.8, 4) is 11.8 Å². The molecule has 1 aromatic carbocycles. The average molecular weight is 274 g/mol. The average Bonchev–Trinajstić information content (AvgIpc) is 2.45. The minimum atomic E-state index is 0.100. The van der Waals surface area contributed by atoms with Gasteiger partial charge in [0.2, 0.25) is 0 Å². The van der Waals surface area contributed by atoms with Gasteiger partial charge in [-0.1, -0.05) is 12.1 Å². The van der Waals surface area contributed by atoms with E-state index in [9.17, 15) is 0 Å². The van der Waals surface area contributed by atoms with Crippen LogP contribution in [0.3, 0.4) is 0 Å². The normalized spacial score (nSPS) is 18.4. The van der Waals surface area contributed by atoms with Crippen LogP contribution >= 0.6 is 0 Å². The second-order valence-corrected chi connectivity index (χ2v) is 5.66. The second kappa shape index (κ2) is 6.74. The molecule has 0 N–H and O–H groups in total. The first kappa shape index (κ1) is 14.8. The summed E-state index contributed by atoms with van der Waals surface area (Å²) >= 11 is 0. The van der Waals surface area contributed by atoms with Gasteiger partial charge >= 0.3 is 0 Å². The van der Waals surface area contributed by atoms with Crippen molar-refractivity contribution in [1.82, 2.24) is 4.90 Å². The van der Waals surface area contributed by atoms with Crippen molar-refractivity contribution < 1.29 is 9.47 Å². The van der Waals surface area contributed by atoms with Crippen molar-refractivity contribution in [3.05, 3.63) is 29.8 Å². The molecule has 0 aliphatic carbocycles. The molecule has 1 aromatic rings. The Bertz CT molecular complexity index is 480. The van der Waals surface area contributed by atoms with Gasteiger partial charge in [0.15, 0.2) is 0 Å². The van der Waals surface area contributed by atoms with E-state index in [0.29, 0.717) is 17.9 Å². The first-order valence-electron chi connectivity index (χ1n) is 7.08. The van der Waals surface area contributed by atoms with E-state index < -0.39 is 0 Å². The molecule has 2 rings (SSSR count). The number of ether oxygens (including phenoxy) is 2. The molecular formula is C16H22N2O2. The van der Waals surface area contributed by atoms with Crippen LogP contribution in [0.15, 0.2) is 24.3 Å². The van der Waals surface area contributed by atoms with Gasteiger partial charge in [0, 0.05) is 18.6 Å². The van der Waals surface area contributed by atoms with Gasteiger partial charge in [-0.3, -0.25) is 4.90 Å². The number of para-hydroxylation sites is 1. The largest absolute Gasteiger partial charge is 0.492 e. The van der Waals surface area contributed by atoms with Gasteiger partial charge in [-0.05, 0) is 32.4 Å². The summed E-state index contributed by atoms with van der Waals surface area (Å²) in [7, 11) is 0. The maximum absolute atomic E-state index is 9.00. The van der Waals surface area contributed by atoms with Crippen LogP contribution in [0.4, 0.5) is 0 Å². The van der Waals surface area contributed by atoms with Crippen molar-refractivity contribution in [3.63, 3.8) is 0 Å². The van der Waals surface area contributed by atoms with Gasteiger partial charge in [-0.25, -0.2) is 0 Å². The van der Waals surface area contributed by atoms with Gasteiger partial charge in [-0.15, -0.1) is 0 Å². The summed E-state index contributed by atoms with van der Waals surface area (Å²) in [6, 6.07) is 9.51. The number of morpholine rings is 1. The Hall–Kier alpha value is -1.57. The summed E-state index contributed by atoms with van der Waals surface area (Å²) < 4.78 is 11.2. The first-order chi connectivity index (χ1) is 9.63. The molecule has 0 radical (unpaired) electrons. The molecule has 0 amide bonds. The van der Waals surface area contributed by atoms with Crippen LogP contribution in [0.25, 0.3) is 0 Å². The smallest absolute Gasteiger partial charge is 0.137 e. The van der Waals surface area contributed by atoms with Crippen molar-refractivity contribution >= 4 is 0 Å². The van der Waals surface area contributed by atoms with E-state index in [1.54, 1.807) is 6.07 Å². The Balaban J connectivity index is 1.78. The van der Waals surface area contributed by atoms with E-state index in [4.69, 9.17) is 14.7 Å². The molecule has 1 heterocycles. The van der Waals surface area contributed by atoms with E-state index in [1.165, 1.54) is 0 Å². The predicted octanol–water partition coefficient (Wildman–Crippen LogP) is 2.44. The molecule has 0 spiro atoms. The highest BCUT2D eigenvalue weighted by Crippen LogP contribution is 2.20. The predicted molar refractivity (Wildman–Crippen MR) is 77.7 cm³/mol. The van der Waals surface area contributed by atoms with Crippen LogP contribution in [0, 0.1) is 11.3 Å². The lowest BCUT2D eigenvalue weighted by Gasteiger charge is -2.42. The molecular weight excluding hydrogens is 252 g/mol. The van der Waals surface area contributed by atoms with Crippen LogP contribution < -0.4 is 4.74 Å². The van der Waals surface area contributed by atoms with E-state index in [-0.39, 0.29) is 5.54 Å². The molecule has 108 valence electrons. The monoisotopic (exact) mass is 274 g/mol. The zero-order valence-electron chi connectivity index (χ0n) is 12.3. The zero-order chi connectivity index (χ0) is 14.4. The van der Waals surface area contributed by atoms with Gasteiger partial charge in [0.25, 0.3) is 0 Å². The van der Waals surface area contributed by atoms with Gasteiger partial charge < -0.3 is 9.47 Å². The van der Waals surface area contributed by atoms with Crippen LogP contribution in [0.1, 0.15) is 25.8 Å². The molecule has 4 nitrogen and oxygen atoms in total. The standard InChI is InChI=1S/C16H22N2O2/c1-16(2)13-19-11-9-18(16)8-5-10-20-15-7-4-3-6-14(15)12-17/h3-4,6-7H,5,8-11,13H2,1-2H3. The number of hydrogen-bond donors (Lipinski definition) is 0. The van der Waals surface area contributed by atoms with E-state index in [1.807, 2.05) is 18.2 Å². The summed E-state index contributed by atoms with van der Waals surface area (Å²) in [5.74, 6) is 0.677. The van der Waals surface area contributed by atoms with Crippen molar-refractivity contribution in [1.29, 1.82) is 5.26 Å². The summed E-state index contributed by atoms with van der Waals surface area (Å²) in [5, 5.41) is 9.00. The van der Waals surface area contributed by atoms with Crippen LogP contribution in [-0.2, 0) is 4.74 Å². The Labute approximate surface area is 120 Å². The highest BCUT2D eigenvalue weighted by atomic mass is 16.5. The molecule has 1 aliphatic heterocycles. The van der Waals surface area contributed by atoms with Gasteiger partial charge in [0.05, 0.1) is 25.4 Å². The third-order valence-electron chi connectivity index (χ3n) is 3.65. The molecule has 20 heavy (non-hydrogen) atoms. The number of benzene rings is 1. The molecule has 0 saturated carbocycles. The first-order valence-corrected chi connectivity index (χ1v) is 7.08. The van der Waals surface area contributed by atoms with Crippen molar-refractivity contribution in [2.75, 3.05) is 32.9 Å². The van der Waals surface area contributed by atoms with Crippen LogP contribution in [-0.4, -0.2) is 43.3 Å². The molecule has 1 aliphatic rings. The third kappa shape index (κ3) is 3.72. The lowest BCUT2D eigenvalue weighted by Crippen LogP contribution is -2.53. The van der Waals surface area contributed by atoms with Gasteiger partial charge in [-0.2, -0.15) is 5.26 Å². The molecule has 0 atom stereocenters. The molecule has 0 aromatic heterocycles. The van der Waals surface area contributed by atoms with Crippen LogP contribution in [0.5, 0.6) is 5.75 Å². The van der Waals surface area contributed by atoms with E-state index >= 15 is 0 Å². The molecule has 0 unspecified atom stereocenters. The van der Waals surface area contributed by atoms with Gasteiger partial charge in [0.1, 0.15) is 11.8 Å². The topological polar surface area (TPSA) is 45.5 Å². The molecule has 4 heteroatoms. The summed E-state index contributed by atoms with van der Waals surface area (Å²) in [6.45, 7) is 8.60. The molecule has 0 bridgehead atoms. The fourth-order valence-electron chi connectivity index (χ4n) is 2.43. The summed E-state index contributed by atoms with van der Waals surface area (Å²) in [5.41, 5.74) is 0.696. The third-order valence-corrected chi connectivity index (χ3v) is 3.65. The highest BCUT2D eigenvalue weighted by Gasteiger charge is 2.29. The van der Waals surface area contributed by atoms with Crippen LogP contribution in [0.2, 0.25) is 0 Å². The highest BCUT2D eigenvalue weighted by molar-refractivity contribution is 5.42. The van der Waals surface area contributed by atoms with E-state index in [2.05, 4.69) is 24.8 Å². The number of hydrogen-bond acceptors (Lipinski definition) is 4. The van der Waals surface area contributed by atoms with E-state index in [0.717, 1.165) is 32.7 Å². The molecule has 1 fully saturated rings. The molecule has 1 saturated heterocycles. The Kier molecular flexibility index (Phi) is 4.99. The Morgan fingerprint density at radius 2 is 2.20 bits per heavy atom. The summed E-state index contributed by atoms with van der Waals surface area (Å²) in [4.78, 5) is 2.44. The number of nitriles is 1. The maximum Gasteiger partial charge on any atom is 0.137 e. The minimum absolute atomic E-state index is 0.100. The Morgan fingerprint density at radius 1 is 1.40 bits per heavy atom. The lowest BCUT2D eigenvalue weighted by atomic mass is 10.0. The quantitative estimate of drug-likeness (QED) is 0.774. The maximum atomic E-state index is 9.00.